The van der Waals surface area contributed by atoms with E-state index in [0.29, 0.717) is 0 Å². The molecule has 2 aromatic rings. The summed E-state index contributed by atoms with van der Waals surface area (Å²) in [7, 11) is 0. The van der Waals surface area contributed by atoms with Crippen LogP contribution in [0.25, 0.3) is 11.3 Å². The maximum absolute atomic E-state index is 5.47. The van der Waals surface area contributed by atoms with Gasteiger partial charge in [0.05, 0.1) is 31.6 Å². The van der Waals surface area contributed by atoms with Crippen LogP contribution in [-0.4, -0.2) is 16.1 Å². The molecule has 4 nitrogen and oxygen atoms in total. The first-order valence-corrected chi connectivity index (χ1v) is 6.37. The quantitative estimate of drug-likeness (QED) is 0.825. The second kappa shape index (κ2) is 3.93. The van der Waals surface area contributed by atoms with Gasteiger partial charge in [0.1, 0.15) is 5.82 Å². The summed E-state index contributed by atoms with van der Waals surface area (Å²) in [6, 6.07) is 6.60. The number of fused-ring (bicyclic) bond motifs is 2. The van der Waals surface area contributed by atoms with Crippen molar-refractivity contribution in [2.75, 3.05) is 6.54 Å². The van der Waals surface area contributed by atoms with E-state index in [9.17, 15) is 0 Å². The Bertz CT molecular complexity index is 603. The van der Waals surface area contributed by atoms with Crippen LogP contribution in [0.4, 0.5) is 0 Å². The van der Waals surface area contributed by atoms with Gasteiger partial charge in [-0.3, -0.25) is 0 Å². The summed E-state index contributed by atoms with van der Waals surface area (Å²) in [5, 5.41) is 3.34. The number of hydrogen-bond acceptors (Lipinski definition) is 3. The molecule has 0 saturated heterocycles. The van der Waals surface area contributed by atoms with E-state index in [-0.39, 0.29) is 0 Å². The Hall–Kier alpha value is -1.65. The smallest absolute Gasteiger partial charge is 0.123 e. The normalized spacial score (nSPS) is 17.6. The summed E-state index contributed by atoms with van der Waals surface area (Å²) in [4.78, 5) is 4.50. The number of hydrogen-bond donors (Lipinski definition) is 1. The second-order valence-corrected chi connectivity index (χ2v) is 4.86. The minimum Gasteiger partial charge on any atom is -0.372 e. The standard InChI is InChI=1S/C14H15N3O/c1-2-11-8-18-9-12(11)5-10(1)13-6-16-14-7-15-3-4-17(13)14/h1-2,5-6,15H,3-4,7-9H2. The topological polar surface area (TPSA) is 39.1 Å². The van der Waals surface area contributed by atoms with Gasteiger partial charge in [0.25, 0.3) is 0 Å². The third-order valence-corrected chi connectivity index (χ3v) is 3.75. The summed E-state index contributed by atoms with van der Waals surface area (Å²) in [5.41, 5.74) is 5.11. The first-order chi connectivity index (χ1) is 8.92. The third-order valence-electron chi connectivity index (χ3n) is 3.75. The third kappa shape index (κ3) is 1.50. The van der Waals surface area contributed by atoms with Crippen LogP contribution in [0, 0.1) is 0 Å². The van der Waals surface area contributed by atoms with Gasteiger partial charge in [0.15, 0.2) is 0 Å². The summed E-state index contributed by atoms with van der Waals surface area (Å²) in [6.07, 6.45) is 1.99. The lowest BCUT2D eigenvalue weighted by Crippen LogP contribution is -2.28. The number of imidazole rings is 1. The molecule has 0 spiro atoms. The number of nitrogens with one attached hydrogen (secondary N) is 1. The van der Waals surface area contributed by atoms with Crippen LogP contribution in [-0.2, 0) is 31.0 Å². The van der Waals surface area contributed by atoms with E-state index in [0.717, 1.165) is 38.7 Å². The van der Waals surface area contributed by atoms with Gasteiger partial charge in [-0.25, -0.2) is 4.98 Å². The molecule has 4 heteroatoms. The van der Waals surface area contributed by atoms with Crippen molar-refractivity contribution in [3.8, 4) is 11.3 Å². The van der Waals surface area contributed by atoms with Gasteiger partial charge in [0, 0.05) is 18.7 Å². The minimum absolute atomic E-state index is 0.742. The Kier molecular flexibility index (Phi) is 2.25. The van der Waals surface area contributed by atoms with Gasteiger partial charge >= 0.3 is 0 Å². The lowest BCUT2D eigenvalue weighted by Gasteiger charge is -2.17. The molecule has 0 saturated carbocycles. The van der Waals surface area contributed by atoms with Crippen molar-refractivity contribution in [2.24, 2.45) is 0 Å². The van der Waals surface area contributed by atoms with Crippen molar-refractivity contribution in [1.29, 1.82) is 0 Å². The predicted octanol–water partition coefficient (Wildman–Crippen LogP) is 1.68. The van der Waals surface area contributed by atoms with Crippen molar-refractivity contribution in [3.63, 3.8) is 0 Å². The van der Waals surface area contributed by atoms with Gasteiger partial charge in [-0.05, 0) is 17.2 Å². The van der Waals surface area contributed by atoms with E-state index in [1.165, 1.54) is 22.4 Å². The van der Waals surface area contributed by atoms with E-state index in [1.807, 2.05) is 6.20 Å². The molecule has 0 unspecified atom stereocenters. The molecule has 0 aliphatic carbocycles. The fourth-order valence-corrected chi connectivity index (χ4v) is 2.76. The molecule has 0 amide bonds. The molecule has 92 valence electrons. The molecule has 2 aliphatic heterocycles. The zero-order valence-electron chi connectivity index (χ0n) is 10.1. The molecule has 1 aromatic carbocycles. The zero-order valence-corrected chi connectivity index (χ0v) is 10.1. The Morgan fingerprint density at radius 1 is 1.22 bits per heavy atom. The minimum atomic E-state index is 0.742. The zero-order chi connectivity index (χ0) is 11.9. The van der Waals surface area contributed by atoms with Crippen LogP contribution in [0.3, 0.4) is 0 Å². The van der Waals surface area contributed by atoms with Crippen molar-refractivity contribution in [2.45, 2.75) is 26.3 Å². The summed E-state index contributed by atoms with van der Waals surface area (Å²) >= 11 is 0. The molecule has 4 rings (SSSR count). The van der Waals surface area contributed by atoms with Gasteiger partial charge < -0.3 is 14.6 Å². The highest BCUT2D eigenvalue weighted by Gasteiger charge is 2.17. The van der Waals surface area contributed by atoms with Gasteiger partial charge in [-0.15, -0.1) is 0 Å². The summed E-state index contributed by atoms with van der Waals surface area (Å²) in [6.45, 7) is 4.38. The first kappa shape index (κ1) is 10.3. The van der Waals surface area contributed by atoms with Crippen LogP contribution in [0.2, 0.25) is 0 Å². The molecule has 0 bridgehead atoms. The number of nitrogens with zero attached hydrogens (tertiary/aromatic N) is 2. The Morgan fingerprint density at radius 2 is 2.17 bits per heavy atom. The number of ether oxygens (including phenoxy) is 1. The molecule has 1 aromatic heterocycles. The Morgan fingerprint density at radius 3 is 3.17 bits per heavy atom. The molecule has 18 heavy (non-hydrogen) atoms. The summed E-state index contributed by atoms with van der Waals surface area (Å²) < 4.78 is 7.78. The average Bonchev–Trinajstić information content (AvgIpc) is 3.04. The SMILES string of the molecule is c1cc2c(cc1-c1cnc3n1CCNC3)COC2. The highest BCUT2D eigenvalue weighted by molar-refractivity contribution is 5.61. The Labute approximate surface area is 106 Å². The second-order valence-electron chi connectivity index (χ2n) is 4.86. The fourth-order valence-electron chi connectivity index (χ4n) is 2.76. The van der Waals surface area contributed by atoms with E-state index in [1.54, 1.807) is 0 Å². The predicted molar refractivity (Wildman–Crippen MR) is 67.9 cm³/mol. The van der Waals surface area contributed by atoms with Crippen LogP contribution < -0.4 is 5.32 Å². The van der Waals surface area contributed by atoms with Crippen LogP contribution in [0.15, 0.2) is 24.4 Å². The summed E-state index contributed by atoms with van der Waals surface area (Å²) in [5.74, 6) is 1.13. The average molecular weight is 241 g/mol. The van der Waals surface area contributed by atoms with Crippen molar-refractivity contribution in [3.05, 3.63) is 41.3 Å². The molecular weight excluding hydrogens is 226 g/mol. The van der Waals surface area contributed by atoms with Crippen LogP contribution in [0.5, 0.6) is 0 Å². The fraction of sp³-hybridized carbons (Fsp3) is 0.357. The number of rotatable bonds is 1. The molecule has 3 heterocycles. The van der Waals surface area contributed by atoms with Crippen molar-refractivity contribution >= 4 is 0 Å². The Balaban J connectivity index is 1.81. The first-order valence-electron chi connectivity index (χ1n) is 6.37. The molecule has 0 radical (unpaired) electrons. The van der Waals surface area contributed by atoms with Crippen molar-refractivity contribution in [1.82, 2.24) is 14.9 Å². The van der Waals surface area contributed by atoms with E-state index < -0.39 is 0 Å². The highest BCUT2D eigenvalue weighted by Crippen LogP contribution is 2.28. The lowest BCUT2D eigenvalue weighted by atomic mass is 10.0. The largest absolute Gasteiger partial charge is 0.372 e. The molecule has 2 aliphatic rings. The molecule has 0 atom stereocenters. The molecular formula is C14H15N3O. The highest BCUT2D eigenvalue weighted by atomic mass is 16.5. The molecule has 0 fully saturated rings. The van der Waals surface area contributed by atoms with Gasteiger partial charge in [-0.1, -0.05) is 12.1 Å². The molecule has 1 N–H and O–H groups in total. The van der Waals surface area contributed by atoms with Crippen molar-refractivity contribution < 1.29 is 4.74 Å². The van der Waals surface area contributed by atoms with Gasteiger partial charge in [0.2, 0.25) is 0 Å². The maximum Gasteiger partial charge on any atom is 0.123 e. The monoisotopic (exact) mass is 241 g/mol. The lowest BCUT2D eigenvalue weighted by molar-refractivity contribution is 0.134. The number of benzene rings is 1. The van der Waals surface area contributed by atoms with E-state index in [2.05, 4.69) is 33.1 Å². The van der Waals surface area contributed by atoms with E-state index >= 15 is 0 Å². The van der Waals surface area contributed by atoms with E-state index in [4.69, 9.17) is 4.74 Å². The van der Waals surface area contributed by atoms with Crippen LogP contribution >= 0.6 is 0 Å². The maximum atomic E-state index is 5.47. The van der Waals surface area contributed by atoms with Gasteiger partial charge in [-0.2, -0.15) is 0 Å². The number of aromatic nitrogens is 2. The van der Waals surface area contributed by atoms with Crippen LogP contribution in [0.1, 0.15) is 17.0 Å².